The van der Waals surface area contributed by atoms with Gasteiger partial charge in [-0.25, -0.2) is 9.59 Å². The number of hydrogen-bond donors (Lipinski definition) is 0. The van der Waals surface area contributed by atoms with Crippen LogP contribution in [0.2, 0.25) is 0 Å². The molecule has 1 aromatic rings. The van der Waals surface area contributed by atoms with Crippen molar-refractivity contribution in [2.24, 2.45) is 5.11 Å². The van der Waals surface area contributed by atoms with E-state index in [1.54, 1.807) is 20.8 Å². The number of rotatable bonds is 17. The molecule has 2 aliphatic rings. The fourth-order valence-electron chi connectivity index (χ4n) is 4.93. The number of azide groups is 1. The number of likely N-dealkylation sites (tertiary alicyclic amines) is 2. The Kier molecular flexibility index (Phi) is 14.7. The van der Waals surface area contributed by atoms with E-state index in [0.717, 1.165) is 5.56 Å². The van der Waals surface area contributed by atoms with Crippen molar-refractivity contribution in [1.82, 2.24) is 9.80 Å². The van der Waals surface area contributed by atoms with Gasteiger partial charge in [-0.15, -0.1) is 0 Å². The average molecular weight is 620 g/mol. The summed E-state index contributed by atoms with van der Waals surface area (Å²) in [5.74, 6) is -0.760. The predicted octanol–water partition coefficient (Wildman–Crippen LogP) is 3.48. The maximum Gasteiger partial charge on any atom is 0.411 e. The van der Waals surface area contributed by atoms with E-state index in [0.29, 0.717) is 59.0 Å². The molecule has 2 heterocycles. The van der Waals surface area contributed by atoms with Crippen molar-refractivity contribution in [3.63, 3.8) is 0 Å². The first-order valence-electron chi connectivity index (χ1n) is 15.1. The van der Waals surface area contributed by atoms with Gasteiger partial charge < -0.3 is 33.3 Å². The SMILES string of the molecule is CC(C)(C)OC(=O)N1C[C@H](OCCOCCOCCOCCN=[N+]=[N-])C[C@H]1C(=O)N1CCC[C@H]1C(=O)OCc1ccccc1. The predicted molar refractivity (Wildman–Crippen MR) is 159 cm³/mol. The molecule has 0 N–H and O–H groups in total. The number of benzene rings is 1. The maximum absolute atomic E-state index is 13.8. The molecule has 0 radical (unpaired) electrons. The van der Waals surface area contributed by atoms with Crippen LogP contribution in [0.15, 0.2) is 35.4 Å². The van der Waals surface area contributed by atoms with Gasteiger partial charge in [0.1, 0.15) is 24.3 Å². The second-order valence-electron chi connectivity index (χ2n) is 11.5. The Morgan fingerprint density at radius 1 is 0.932 bits per heavy atom. The summed E-state index contributed by atoms with van der Waals surface area (Å²) in [6, 6.07) is 7.85. The molecule has 3 atom stereocenters. The summed E-state index contributed by atoms with van der Waals surface area (Å²) in [6.07, 6.45) is 0.457. The molecule has 244 valence electrons. The number of ether oxygens (including phenoxy) is 6. The highest BCUT2D eigenvalue weighted by Gasteiger charge is 2.46. The molecule has 44 heavy (non-hydrogen) atoms. The Hall–Kier alpha value is -3.42. The van der Waals surface area contributed by atoms with E-state index in [-0.39, 0.29) is 38.6 Å². The molecule has 0 saturated carbocycles. The lowest BCUT2D eigenvalue weighted by molar-refractivity contribution is -0.155. The zero-order valence-electron chi connectivity index (χ0n) is 25.9. The number of esters is 1. The van der Waals surface area contributed by atoms with Crippen molar-refractivity contribution >= 4 is 18.0 Å². The lowest BCUT2D eigenvalue weighted by atomic mass is 10.1. The Labute approximate surface area is 258 Å². The van der Waals surface area contributed by atoms with Crippen molar-refractivity contribution in [1.29, 1.82) is 0 Å². The molecule has 2 aliphatic heterocycles. The smallest absolute Gasteiger partial charge is 0.411 e. The summed E-state index contributed by atoms with van der Waals surface area (Å²) < 4.78 is 33.4. The highest BCUT2D eigenvalue weighted by atomic mass is 16.6. The van der Waals surface area contributed by atoms with Gasteiger partial charge in [0.15, 0.2) is 0 Å². The van der Waals surface area contributed by atoms with Crippen LogP contribution in [0.5, 0.6) is 0 Å². The van der Waals surface area contributed by atoms with E-state index in [4.69, 9.17) is 34.0 Å². The first-order valence-corrected chi connectivity index (χ1v) is 15.1. The maximum atomic E-state index is 13.8. The van der Waals surface area contributed by atoms with Crippen LogP contribution < -0.4 is 0 Å². The Balaban J connectivity index is 1.46. The quantitative estimate of drug-likeness (QED) is 0.0835. The van der Waals surface area contributed by atoms with E-state index < -0.39 is 35.9 Å². The summed E-state index contributed by atoms with van der Waals surface area (Å²) in [4.78, 5) is 45.5. The van der Waals surface area contributed by atoms with E-state index in [1.165, 1.54) is 9.80 Å². The van der Waals surface area contributed by atoms with Gasteiger partial charge >= 0.3 is 12.1 Å². The molecule has 0 spiro atoms. The molecule has 0 aliphatic carbocycles. The standard InChI is InChI=1S/C30H45N5O9/c1-30(2,3)44-29(38)35-21-24(42-19-18-41-17-16-40-15-14-39-13-11-32-33-31)20-26(35)27(36)34-12-7-10-25(34)28(37)43-22-23-8-5-4-6-9-23/h4-6,8-9,24-26H,7,10-22H2,1-3H3/t24-,25+,26+/m1/s1. The first kappa shape index (κ1) is 35.1. The van der Waals surface area contributed by atoms with Gasteiger partial charge in [-0.05, 0) is 44.7 Å². The van der Waals surface area contributed by atoms with Crippen molar-refractivity contribution in [2.45, 2.75) is 70.4 Å². The number of nitrogens with zero attached hydrogens (tertiary/aromatic N) is 5. The molecular weight excluding hydrogens is 574 g/mol. The molecule has 14 nitrogen and oxygen atoms in total. The van der Waals surface area contributed by atoms with Crippen molar-refractivity contribution in [2.75, 3.05) is 65.9 Å². The summed E-state index contributed by atoms with van der Waals surface area (Å²) in [5.41, 5.74) is 8.33. The van der Waals surface area contributed by atoms with Crippen molar-refractivity contribution < 1.29 is 42.8 Å². The van der Waals surface area contributed by atoms with Gasteiger partial charge in [-0.2, -0.15) is 0 Å². The molecule has 2 amide bonds. The molecule has 1 aromatic carbocycles. The van der Waals surface area contributed by atoms with Gasteiger partial charge in [0.25, 0.3) is 0 Å². The van der Waals surface area contributed by atoms with Crippen molar-refractivity contribution in [3.05, 3.63) is 46.3 Å². The molecule has 3 rings (SSSR count). The Bertz CT molecular complexity index is 1090. The van der Waals surface area contributed by atoms with Gasteiger partial charge in [-0.3, -0.25) is 9.69 Å². The molecule has 0 unspecified atom stereocenters. The second-order valence-corrected chi connectivity index (χ2v) is 11.5. The molecule has 0 bridgehead atoms. The van der Waals surface area contributed by atoms with Gasteiger partial charge in [0.05, 0.1) is 58.9 Å². The zero-order chi connectivity index (χ0) is 31.8. The number of amides is 2. The van der Waals surface area contributed by atoms with Crippen LogP contribution in [0.3, 0.4) is 0 Å². The Morgan fingerprint density at radius 3 is 2.25 bits per heavy atom. The van der Waals surface area contributed by atoms with Crippen LogP contribution in [0.1, 0.15) is 45.6 Å². The van der Waals surface area contributed by atoms with Gasteiger partial charge in [0.2, 0.25) is 5.91 Å². The third-order valence-corrected chi connectivity index (χ3v) is 6.93. The molecule has 14 heteroatoms. The third-order valence-electron chi connectivity index (χ3n) is 6.93. The fourth-order valence-corrected chi connectivity index (χ4v) is 4.93. The van der Waals surface area contributed by atoms with Crippen molar-refractivity contribution in [3.8, 4) is 0 Å². The molecule has 2 fully saturated rings. The zero-order valence-corrected chi connectivity index (χ0v) is 25.9. The van der Waals surface area contributed by atoms with Crippen LogP contribution in [-0.4, -0.2) is 117 Å². The van der Waals surface area contributed by atoms with E-state index >= 15 is 0 Å². The summed E-state index contributed by atoms with van der Waals surface area (Å²) >= 11 is 0. The Morgan fingerprint density at radius 2 is 1.59 bits per heavy atom. The van der Waals surface area contributed by atoms with E-state index in [2.05, 4.69) is 10.0 Å². The average Bonchev–Trinajstić information content (AvgIpc) is 3.66. The molecule has 0 aromatic heterocycles. The van der Waals surface area contributed by atoms with Crippen LogP contribution in [0.25, 0.3) is 10.4 Å². The normalized spacial score (nSPS) is 19.9. The van der Waals surface area contributed by atoms with Crippen LogP contribution in [0, 0.1) is 0 Å². The van der Waals surface area contributed by atoms with Crippen LogP contribution >= 0.6 is 0 Å². The lowest BCUT2D eigenvalue weighted by Crippen LogP contribution is -2.52. The van der Waals surface area contributed by atoms with Crippen LogP contribution in [0.4, 0.5) is 4.79 Å². The summed E-state index contributed by atoms with van der Waals surface area (Å²) in [7, 11) is 0. The highest BCUT2D eigenvalue weighted by molar-refractivity contribution is 5.90. The largest absolute Gasteiger partial charge is 0.459 e. The highest BCUT2D eigenvalue weighted by Crippen LogP contribution is 2.28. The summed E-state index contributed by atoms with van der Waals surface area (Å²) in [5, 5.41) is 3.38. The first-order chi connectivity index (χ1) is 21.2. The third kappa shape index (κ3) is 11.9. The van der Waals surface area contributed by atoms with Crippen LogP contribution in [-0.2, 0) is 44.6 Å². The number of carbonyl (C=O) groups is 3. The summed E-state index contributed by atoms with van der Waals surface area (Å²) in [6.45, 7) is 8.80. The fraction of sp³-hybridized carbons (Fsp3) is 0.700. The molecule has 2 saturated heterocycles. The van der Waals surface area contributed by atoms with Gasteiger partial charge in [-0.1, -0.05) is 35.4 Å². The topological polar surface area (TPSA) is 162 Å². The lowest BCUT2D eigenvalue weighted by Gasteiger charge is -2.31. The molecular formula is C30H45N5O9. The van der Waals surface area contributed by atoms with E-state index in [9.17, 15) is 14.4 Å². The number of carbonyl (C=O) groups excluding carboxylic acids is 3. The van der Waals surface area contributed by atoms with E-state index in [1.807, 2.05) is 30.3 Å². The minimum absolute atomic E-state index is 0.129. The minimum atomic E-state index is -0.819. The number of hydrogen-bond acceptors (Lipinski definition) is 10. The van der Waals surface area contributed by atoms with Gasteiger partial charge in [0, 0.05) is 24.4 Å². The second kappa shape index (κ2) is 18.4. The minimum Gasteiger partial charge on any atom is -0.459 e. The monoisotopic (exact) mass is 619 g/mol.